The molecule has 0 atom stereocenters. The Morgan fingerprint density at radius 2 is 1.80 bits per heavy atom. The van der Waals surface area contributed by atoms with Crippen LogP contribution in [-0.4, -0.2) is 42.6 Å². The number of aryl methyl sites for hydroxylation is 1. The van der Waals surface area contributed by atoms with Crippen molar-refractivity contribution in [3.8, 4) is 11.8 Å². The Morgan fingerprint density at radius 1 is 0.971 bits per heavy atom. The van der Waals surface area contributed by atoms with E-state index in [9.17, 15) is 5.26 Å². The van der Waals surface area contributed by atoms with Crippen molar-refractivity contribution in [2.24, 2.45) is 0 Å². The van der Waals surface area contributed by atoms with Crippen LogP contribution < -0.4 is 9.64 Å². The second-order valence-electron chi connectivity index (χ2n) is 9.29. The highest BCUT2D eigenvalue weighted by Gasteiger charge is 2.19. The van der Waals surface area contributed by atoms with Gasteiger partial charge in [-0.1, -0.05) is 36.4 Å². The predicted molar refractivity (Wildman–Crippen MR) is 142 cm³/mol. The number of aromatic nitrogens is 1. The summed E-state index contributed by atoms with van der Waals surface area (Å²) in [5.41, 5.74) is 6.82. The fourth-order valence-electron chi connectivity index (χ4n) is 5.00. The molecule has 0 amide bonds. The maximum absolute atomic E-state index is 9.20. The average molecular weight is 465 g/mol. The van der Waals surface area contributed by atoms with Crippen LogP contribution in [0.4, 0.5) is 5.69 Å². The minimum absolute atomic E-state index is 0.590. The van der Waals surface area contributed by atoms with Crippen LogP contribution in [0, 0.1) is 18.3 Å². The maximum atomic E-state index is 9.20. The highest BCUT2D eigenvalue weighted by Crippen LogP contribution is 2.30. The van der Waals surface area contributed by atoms with E-state index in [0.29, 0.717) is 6.61 Å². The quantitative estimate of drug-likeness (QED) is 0.364. The Kier molecular flexibility index (Phi) is 7.02. The number of nitrogens with zero attached hydrogens (tertiary/aromatic N) is 3. The normalized spacial score (nSPS) is 14.2. The van der Waals surface area contributed by atoms with E-state index in [-0.39, 0.29) is 0 Å². The lowest BCUT2D eigenvalue weighted by Gasteiger charge is -2.37. The van der Waals surface area contributed by atoms with Gasteiger partial charge in [0.2, 0.25) is 0 Å². The predicted octanol–water partition coefficient (Wildman–Crippen LogP) is 5.68. The van der Waals surface area contributed by atoms with Gasteiger partial charge in [-0.15, -0.1) is 0 Å². The van der Waals surface area contributed by atoms with Gasteiger partial charge in [0.05, 0.1) is 11.6 Å². The van der Waals surface area contributed by atoms with Crippen molar-refractivity contribution >= 4 is 16.6 Å². The van der Waals surface area contributed by atoms with E-state index in [1.54, 1.807) is 0 Å². The van der Waals surface area contributed by atoms with E-state index in [0.717, 1.165) is 62.4 Å². The molecule has 1 fully saturated rings. The molecule has 1 aliphatic heterocycles. The number of nitriles is 1. The van der Waals surface area contributed by atoms with Crippen LogP contribution in [0.15, 0.2) is 72.9 Å². The Hall–Kier alpha value is -3.75. The van der Waals surface area contributed by atoms with Crippen LogP contribution in [0.25, 0.3) is 10.9 Å². The second kappa shape index (κ2) is 10.7. The summed E-state index contributed by atoms with van der Waals surface area (Å²) in [5.74, 6) is 0.965. The highest BCUT2D eigenvalue weighted by molar-refractivity contribution is 5.84. The first-order chi connectivity index (χ1) is 17.2. The van der Waals surface area contributed by atoms with E-state index < -0.39 is 0 Å². The Bertz CT molecular complexity index is 1310. The Labute approximate surface area is 207 Å². The van der Waals surface area contributed by atoms with Gasteiger partial charge in [-0.3, -0.25) is 4.90 Å². The maximum Gasteiger partial charge on any atom is 0.124 e. The summed E-state index contributed by atoms with van der Waals surface area (Å²) >= 11 is 0. The van der Waals surface area contributed by atoms with Gasteiger partial charge in [0, 0.05) is 54.5 Å². The lowest BCUT2D eigenvalue weighted by molar-refractivity contribution is 0.255. The van der Waals surface area contributed by atoms with Gasteiger partial charge in [-0.05, 0) is 67.8 Å². The van der Waals surface area contributed by atoms with E-state index in [1.165, 1.54) is 27.8 Å². The van der Waals surface area contributed by atoms with Gasteiger partial charge in [-0.2, -0.15) is 5.26 Å². The van der Waals surface area contributed by atoms with Gasteiger partial charge in [0.1, 0.15) is 12.4 Å². The number of hydrogen-bond donors (Lipinski definition) is 1. The lowest BCUT2D eigenvalue weighted by atomic mass is 10.1. The molecule has 35 heavy (non-hydrogen) atoms. The van der Waals surface area contributed by atoms with Gasteiger partial charge in [0.25, 0.3) is 0 Å². The molecule has 5 rings (SSSR count). The molecule has 1 N–H and O–H groups in total. The molecule has 2 heterocycles. The largest absolute Gasteiger partial charge is 0.489 e. The molecule has 0 bridgehead atoms. The first-order valence-corrected chi connectivity index (χ1v) is 12.4. The summed E-state index contributed by atoms with van der Waals surface area (Å²) in [6, 6.07) is 24.8. The molecule has 0 spiro atoms. The SMILES string of the molecule is Cc1c(OCc2ccccc2)cccc1N1CCN(CCCc2c[nH]c3ccc(C#N)cc23)CC1. The zero-order valence-electron chi connectivity index (χ0n) is 20.3. The minimum atomic E-state index is 0.590. The van der Waals surface area contributed by atoms with E-state index in [1.807, 2.05) is 36.4 Å². The molecule has 5 heteroatoms. The molecule has 3 aromatic carbocycles. The lowest BCUT2D eigenvalue weighted by Crippen LogP contribution is -2.46. The number of ether oxygens (including phenoxy) is 1. The fraction of sp³-hybridized carbons (Fsp3) is 0.300. The molecule has 1 aliphatic rings. The summed E-state index contributed by atoms with van der Waals surface area (Å²) in [4.78, 5) is 8.40. The molecule has 1 saturated heterocycles. The van der Waals surface area contributed by atoms with Crippen molar-refractivity contribution in [2.45, 2.75) is 26.4 Å². The first-order valence-electron chi connectivity index (χ1n) is 12.4. The van der Waals surface area contributed by atoms with E-state index in [2.05, 4.69) is 64.3 Å². The van der Waals surface area contributed by atoms with Crippen molar-refractivity contribution in [1.82, 2.24) is 9.88 Å². The molecule has 0 radical (unpaired) electrons. The van der Waals surface area contributed by atoms with Gasteiger partial charge in [-0.25, -0.2) is 0 Å². The number of fused-ring (bicyclic) bond motifs is 1. The van der Waals surface area contributed by atoms with Crippen molar-refractivity contribution in [3.63, 3.8) is 0 Å². The third-order valence-electron chi connectivity index (χ3n) is 7.02. The Balaban J connectivity index is 1.13. The smallest absolute Gasteiger partial charge is 0.124 e. The highest BCUT2D eigenvalue weighted by atomic mass is 16.5. The van der Waals surface area contributed by atoms with Crippen molar-refractivity contribution < 1.29 is 4.74 Å². The van der Waals surface area contributed by atoms with Gasteiger partial charge < -0.3 is 14.6 Å². The molecule has 5 nitrogen and oxygen atoms in total. The molecule has 1 aromatic heterocycles. The third-order valence-corrected chi connectivity index (χ3v) is 7.02. The van der Waals surface area contributed by atoms with E-state index >= 15 is 0 Å². The van der Waals surface area contributed by atoms with Crippen LogP contribution in [0.3, 0.4) is 0 Å². The number of rotatable bonds is 8. The molecular formula is C30H32N4O. The summed E-state index contributed by atoms with van der Waals surface area (Å²) < 4.78 is 6.15. The summed E-state index contributed by atoms with van der Waals surface area (Å²) in [5, 5.41) is 10.4. The number of anilines is 1. The number of benzene rings is 3. The van der Waals surface area contributed by atoms with Crippen LogP contribution in [-0.2, 0) is 13.0 Å². The molecule has 4 aromatic rings. The molecule has 0 unspecified atom stereocenters. The standard InChI is InChI=1S/C30H32N4O/c1-23-29(10-5-11-30(23)35-22-24-7-3-2-4-8-24)34-17-15-33(16-18-34)14-6-9-26-21-32-28-13-12-25(20-31)19-27(26)28/h2-5,7-8,10-13,19,21,32H,6,9,14-18,22H2,1H3. The Morgan fingerprint density at radius 3 is 2.60 bits per heavy atom. The zero-order chi connectivity index (χ0) is 24.0. The van der Waals surface area contributed by atoms with Crippen molar-refractivity contribution in [1.29, 1.82) is 5.26 Å². The molecule has 0 aliphatic carbocycles. The summed E-state index contributed by atoms with van der Waals surface area (Å²) in [7, 11) is 0. The molecule has 178 valence electrons. The topological polar surface area (TPSA) is 55.3 Å². The monoisotopic (exact) mass is 464 g/mol. The molecular weight excluding hydrogens is 432 g/mol. The number of hydrogen-bond acceptors (Lipinski definition) is 4. The zero-order valence-corrected chi connectivity index (χ0v) is 20.3. The summed E-state index contributed by atoms with van der Waals surface area (Å²) in [6.07, 6.45) is 4.24. The first kappa shape index (κ1) is 23.0. The van der Waals surface area contributed by atoms with Crippen LogP contribution in [0.2, 0.25) is 0 Å². The minimum Gasteiger partial charge on any atom is -0.489 e. The van der Waals surface area contributed by atoms with Crippen LogP contribution in [0.1, 0.15) is 28.7 Å². The number of aromatic amines is 1. The fourth-order valence-corrected chi connectivity index (χ4v) is 5.00. The van der Waals surface area contributed by atoms with Crippen LogP contribution >= 0.6 is 0 Å². The number of H-pyrrole nitrogens is 1. The van der Waals surface area contributed by atoms with Crippen molar-refractivity contribution in [2.75, 3.05) is 37.6 Å². The number of nitrogens with one attached hydrogen (secondary N) is 1. The van der Waals surface area contributed by atoms with Crippen molar-refractivity contribution in [3.05, 3.63) is 95.2 Å². The van der Waals surface area contributed by atoms with Crippen LogP contribution in [0.5, 0.6) is 5.75 Å². The van der Waals surface area contributed by atoms with Gasteiger partial charge >= 0.3 is 0 Å². The number of piperazine rings is 1. The average Bonchev–Trinajstić information content (AvgIpc) is 3.31. The summed E-state index contributed by atoms with van der Waals surface area (Å²) in [6.45, 7) is 8.05. The third kappa shape index (κ3) is 5.34. The molecule has 0 saturated carbocycles. The van der Waals surface area contributed by atoms with E-state index in [4.69, 9.17) is 4.74 Å². The second-order valence-corrected chi connectivity index (χ2v) is 9.29. The van der Waals surface area contributed by atoms with Gasteiger partial charge in [0.15, 0.2) is 0 Å².